The number of anilines is 1. The quantitative estimate of drug-likeness (QED) is 0.873. The highest BCUT2D eigenvalue weighted by Gasteiger charge is 2.16. The zero-order chi connectivity index (χ0) is 11.5. The van der Waals surface area contributed by atoms with E-state index in [0.29, 0.717) is 16.6 Å². The van der Waals surface area contributed by atoms with Gasteiger partial charge in [-0.15, -0.1) is 0 Å². The molecule has 0 spiro atoms. The zero-order valence-electron chi connectivity index (χ0n) is 8.70. The third-order valence-electron chi connectivity index (χ3n) is 2.54. The molecule has 0 aromatic heterocycles. The van der Waals surface area contributed by atoms with Crippen molar-refractivity contribution < 1.29 is 4.79 Å². The summed E-state index contributed by atoms with van der Waals surface area (Å²) in [7, 11) is 0. The lowest BCUT2D eigenvalue weighted by Gasteiger charge is -2.14. The normalized spacial score (nSPS) is 19.7. The summed E-state index contributed by atoms with van der Waals surface area (Å²) in [5.74, 6) is 1.82. The molecule has 1 atom stereocenters. The molecule has 1 aromatic carbocycles. The molecule has 2 rings (SSSR count). The van der Waals surface area contributed by atoms with Crippen molar-refractivity contribution in [1.82, 2.24) is 0 Å². The van der Waals surface area contributed by atoms with E-state index in [1.165, 1.54) is 5.75 Å². The van der Waals surface area contributed by atoms with Gasteiger partial charge in [-0.1, -0.05) is 11.6 Å². The van der Waals surface area contributed by atoms with E-state index in [4.69, 9.17) is 17.3 Å². The van der Waals surface area contributed by atoms with Crippen molar-refractivity contribution in [2.75, 3.05) is 16.8 Å². The number of nitrogens with two attached hydrogens (primary N) is 1. The maximum absolute atomic E-state index is 11.0. The van der Waals surface area contributed by atoms with Crippen LogP contribution in [0.5, 0.6) is 0 Å². The van der Waals surface area contributed by atoms with Crippen LogP contribution in [0.25, 0.3) is 0 Å². The van der Waals surface area contributed by atoms with Gasteiger partial charge in [0, 0.05) is 17.4 Å². The van der Waals surface area contributed by atoms with Crippen LogP contribution in [0, 0.1) is 0 Å². The lowest BCUT2D eigenvalue weighted by atomic mass is 10.1. The number of amides is 1. The highest BCUT2D eigenvalue weighted by atomic mass is 35.5. The molecule has 1 aliphatic rings. The predicted octanol–water partition coefficient (Wildman–Crippen LogP) is 2.36. The van der Waals surface area contributed by atoms with E-state index in [2.05, 4.69) is 5.32 Å². The van der Waals surface area contributed by atoms with Gasteiger partial charge in [0.15, 0.2) is 0 Å². The van der Waals surface area contributed by atoms with Gasteiger partial charge in [0.05, 0.1) is 10.7 Å². The molecule has 0 bridgehead atoms. The first-order valence-corrected chi connectivity index (χ1v) is 6.64. The lowest BCUT2D eigenvalue weighted by Crippen LogP contribution is -2.19. The molecule has 0 radical (unpaired) electrons. The Bertz CT molecular complexity index is 405. The molecule has 1 aromatic rings. The van der Waals surface area contributed by atoms with E-state index in [9.17, 15) is 4.79 Å². The standard InChI is InChI=1S/C11H13ClN2OS/c12-9-2-1-7(11(13)15)5-10(9)14-8-3-4-16-6-8/h1-2,5,8,14H,3-4,6H2,(H2,13,15). The summed E-state index contributed by atoms with van der Waals surface area (Å²) >= 11 is 7.98. The van der Waals surface area contributed by atoms with Crippen LogP contribution < -0.4 is 11.1 Å². The molecule has 0 saturated carbocycles. The number of rotatable bonds is 3. The molecular formula is C11H13ClN2OS. The Kier molecular flexibility index (Phi) is 3.61. The van der Waals surface area contributed by atoms with Gasteiger partial charge in [-0.25, -0.2) is 0 Å². The Labute approximate surface area is 104 Å². The molecular weight excluding hydrogens is 244 g/mol. The van der Waals surface area contributed by atoms with Crippen molar-refractivity contribution in [3.8, 4) is 0 Å². The third-order valence-corrected chi connectivity index (χ3v) is 4.03. The highest BCUT2D eigenvalue weighted by Crippen LogP contribution is 2.27. The van der Waals surface area contributed by atoms with Crippen molar-refractivity contribution in [1.29, 1.82) is 0 Å². The number of carbonyl (C=O) groups excluding carboxylic acids is 1. The lowest BCUT2D eigenvalue weighted by molar-refractivity contribution is 0.100. The highest BCUT2D eigenvalue weighted by molar-refractivity contribution is 7.99. The smallest absolute Gasteiger partial charge is 0.248 e. The summed E-state index contributed by atoms with van der Waals surface area (Å²) < 4.78 is 0. The molecule has 16 heavy (non-hydrogen) atoms. The Morgan fingerprint density at radius 1 is 1.56 bits per heavy atom. The van der Waals surface area contributed by atoms with Crippen LogP contribution in [-0.4, -0.2) is 23.5 Å². The van der Waals surface area contributed by atoms with Gasteiger partial charge in [0.2, 0.25) is 5.91 Å². The fourth-order valence-corrected chi connectivity index (χ4v) is 2.98. The molecule has 1 amide bonds. The van der Waals surface area contributed by atoms with Crippen LogP contribution in [0.1, 0.15) is 16.8 Å². The van der Waals surface area contributed by atoms with E-state index >= 15 is 0 Å². The van der Waals surface area contributed by atoms with Crippen LogP contribution >= 0.6 is 23.4 Å². The summed E-state index contributed by atoms with van der Waals surface area (Å²) in [6.07, 6.45) is 1.13. The van der Waals surface area contributed by atoms with E-state index in [1.807, 2.05) is 11.8 Å². The van der Waals surface area contributed by atoms with E-state index in [-0.39, 0.29) is 0 Å². The molecule has 3 N–H and O–H groups in total. The summed E-state index contributed by atoms with van der Waals surface area (Å²) in [6.45, 7) is 0. The second kappa shape index (κ2) is 4.97. The van der Waals surface area contributed by atoms with Gasteiger partial charge in [-0.3, -0.25) is 4.79 Å². The summed E-state index contributed by atoms with van der Waals surface area (Å²) in [5, 5.41) is 3.97. The topological polar surface area (TPSA) is 55.1 Å². The molecule has 1 aliphatic heterocycles. The van der Waals surface area contributed by atoms with Crippen LogP contribution in [0.2, 0.25) is 5.02 Å². The van der Waals surface area contributed by atoms with Gasteiger partial charge < -0.3 is 11.1 Å². The SMILES string of the molecule is NC(=O)c1ccc(Cl)c(NC2CCSC2)c1. The summed E-state index contributed by atoms with van der Waals surface area (Å²) in [6, 6.07) is 5.49. The summed E-state index contributed by atoms with van der Waals surface area (Å²) in [4.78, 5) is 11.0. The van der Waals surface area contributed by atoms with Crippen LogP contribution in [-0.2, 0) is 0 Å². The number of primary amides is 1. The second-order valence-electron chi connectivity index (χ2n) is 3.76. The largest absolute Gasteiger partial charge is 0.380 e. The van der Waals surface area contributed by atoms with E-state index in [1.54, 1.807) is 18.2 Å². The number of halogens is 1. The number of benzene rings is 1. The van der Waals surface area contributed by atoms with Crippen molar-refractivity contribution in [2.45, 2.75) is 12.5 Å². The molecule has 5 heteroatoms. The van der Waals surface area contributed by atoms with Crippen LogP contribution in [0.4, 0.5) is 5.69 Å². The minimum atomic E-state index is -0.430. The van der Waals surface area contributed by atoms with Crippen molar-refractivity contribution in [3.05, 3.63) is 28.8 Å². The van der Waals surface area contributed by atoms with Gasteiger partial charge in [-0.05, 0) is 30.4 Å². The second-order valence-corrected chi connectivity index (χ2v) is 5.32. The van der Waals surface area contributed by atoms with Crippen LogP contribution in [0.15, 0.2) is 18.2 Å². The van der Waals surface area contributed by atoms with Gasteiger partial charge in [-0.2, -0.15) is 11.8 Å². The fraction of sp³-hybridized carbons (Fsp3) is 0.364. The zero-order valence-corrected chi connectivity index (χ0v) is 10.3. The van der Waals surface area contributed by atoms with E-state index in [0.717, 1.165) is 17.9 Å². The predicted molar refractivity (Wildman–Crippen MR) is 69.3 cm³/mol. The van der Waals surface area contributed by atoms with Crippen molar-refractivity contribution in [3.63, 3.8) is 0 Å². The maximum atomic E-state index is 11.0. The molecule has 0 aliphatic carbocycles. The Hall–Kier alpha value is -0.870. The fourth-order valence-electron chi connectivity index (χ4n) is 1.66. The minimum absolute atomic E-state index is 0.430. The van der Waals surface area contributed by atoms with Crippen molar-refractivity contribution in [2.24, 2.45) is 5.73 Å². The molecule has 1 heterocycles. The van der Waals surface area contributed by atoms with E-state index < -0.39 is 5.91 Å². The summed E-state index contributed by atoms with van der Waals surface area (Å²) in [5.41, 5.74) is 6.51. The third kappa shape index (κ3) is 2.62. The monoisotopic (exact) mass is 256 g/mol. The van der Waals surface area contributed by atoms with Gasteiger partial charge in [0.25, 0.3) is 0 Å². The Morgan fingerprint density at radius 3 is 3.00 bits per heavy atom. The molecule has 1 fully saturated rings. The Morgan fingerprint density at radius 2 is 2.38 bits per heavy atom. The Balaban J connectivity index is 2.17. The van der Waals surface area contributed by atoms with Crippen molar-refractivity contribution >= 4 is 35.0 Å². The number of thioether (sulfide) groups is 1. The molecule has 3 nitrogen and oxygen atoms in total. The first-order chi connectivity index (χ1) is 7.66. The van der Waals surface area contributed by atoms with Crippen LogP contribution in [0.3, 0.4) is 0 Å². The first-order valence-electron chi connectivity index (χ1n) is 5.10. The first kappa shape index (κ1) is 11.6. The average molecular weight is 257 g/mol. The minimum Gasteiger partial charge on any atom is -0.380 e. The number of nitrogens with one attached hydrogen (secondary N) is 1. The maximum Gasteiger partial charge on any atom is 0.248 e. The average Bonchev–Trinajstić information content (AvgIpc) is 2.73. The molecule has 1 saturated heterocycles. The van der Waals surface area contributed by atoms with Gasteiger partial charge in [0.1, 0.15) is 0 Å². The molecule has 86 valence electrons. The number of carbonyl (C=O) groups is 1. The molecule has 1 unspecified atom stereocenters. The van der Waals surface area contributed by atoms with Gasteiger partial charge >= 0.3 is 0 Å². The number of hydrogen-bond acceptors (Lipinski definition) is 3. The number of hydrogen-bond donors (Lipinski definition) is 2.